The second kappa shape index (κ2) is 8.38. The Bertz CT molecular complexity index is 1180. The van der Waals surface area contributed by atoms with Crippen molar-refractivity contribution < 1.29 is 14.6 Å². The Balaban J connectivity index is 1.61. The number of nitriles is 1. The highest BCUT2D eigenvalue weighted by Crippen LogP contribution is 2.41. The maximum Gasteiger partial charge on any atom is 0.251 e. The van der Waals surface area contributed by atoms with E-state index < -0.39 is 17.7 Å². The molecule has 6 heteroatoms. The molecule has 4 rings (SSSR count). The van der Waals surface area contributed by atoms with Crippen LogP contribution in [0.15, 0.2) is 71.7 Å². The average molecular weight is 416 g/mol. The zero-order valence-corrected chi connectivity index (χ0v) is 17.5. The summed E-state index contributed by atoms with van der Waals surface area (Å²) in [6.07, 6.45) is 0.689. The summed E-state index contributed by atoms with van der Waals surface area (Å²) < 4.78 is 13.2. The fourth-order valence-corrected chi connectivity index (χ4v) is 3.85. The first-order valence-corrected chi connectivity index (χ1v) is 10.1. The molecule has 158 valence electrons. The van der Waals surface area contributed by atoms with E-state index in [-0.39, 0.29) is 5.56 Å². The monoisotopic (exact) mass is 416 g/mol. The molecule has 2 aromatic carbocycles. The highest BCUT2D eigenvalue weighted by atomic mass is 16.5. The molecule has 0 saturated carbocycles. The van der Waals surface area contributed by atoms with Gasteiger partial charge in [0.25, 0.3) is 5.56 Å². The second-order valence-electron chi connectivity index (χ2n) is 8.22. The van der Waals surface area contributed by atoms with Gasteiger partial charge in [-0.2, -0.15) is 5.26 Å². The smallest absolute Gasteiger partial charge is 0.251 e. The second-order valence-corrected chi connectivity index (χ2v) is 8.22. The molecule has 1 aliphatic heterocycles. The maximum atomic E-state index is 13.0. The minimum atomic E-state index is -0.980. The molecule has 31 heavy (non-hydrogen) atoms. The Hall–Kier alpha value is -3.40. The Labute approximate surface area is 180 Å². The van der Waals surface area contributed by atoms with E-state index in [9.17, 15) is 15.2 Å². The Morgan fingerprint density at radius 3 is 2.55 bits per heavy atom. The fourth-order valence-electron chi connectivity index (χ4n) is 3.85. The van der Waals surface area contributed by atoms with Gasteiger partial charge >= 0.3 is 0 Å². The lowest BCUT2D eigenvalue weighted by molar-refractivity contribution is -0.0643. The molecule has 0 amide bonds. The zero-order valence-electron chi connectivity index (χ0n) is 17.5. The van der Waals surface area contributed by atoms with Crippen molar-refractivity contribution in [3.63, 3.8) is 0 Å². The van der Waals surface area contributed by atoms with Crippen molar-refractivity contribution in [2.75, 3.05) is 0 Å². The van der Waals surface area contributed by atoms with Gasteiger partial charge in [-0.15, -0.1) is 0 Å². The normalized spacial score (nSPS) is 19.2. The highest BCUT2D eigenvalue weighted by Gasteiger charge is 2.44. The lowest BCUT2D eigenvalue weighted by Crippen LogP contribution is -2.52. The highest BCUT2D eigenvalue weighted by molar-refractivity contribution is 5.46. The van der Waals surface area contributed by atoms with Crippen LogP contribution in [0.25, 0.3) is 0 Å². The topological polar surface area (TPSA) is 84.5 Å². The van der Waals surface area contributed by atoms with E-state index in [2.05, 4.69) is 6.07 Å². The number of aliphatic hydroxyl groups is 1. The van der Waals surface area contributed by atoms with Gasteiger partial charge < -0.3 is 19.1 Å². The summed E-state index contributed by atoms with van der Waals surface area (Å²) in [6.45, 7) is 4.33. The summed E-state index contributed by atoms with van der Waals surface area (Å²) in [4.78, 5) is 13.0. The first-order chi connectivity index (χ1) is 14.9. The van der Waals surface area contributed by atoms with E-state index in [0.29, 0.717) is 30.1 Å². The van der Waals surface area contributed by atoms with Gasteiger partial charge in [-0.1, -0.05) is 30.3 Å². The number of nitrogens with zero attached hydrogens (tertiary/aromatic N) is 2. The van der Waals surface area contributed by atoms with Crippen LogP contribution in [0.1, 0.15) is 42.1 Å². The molecular weight excluding hydrogens is 392 g/mol. The molecule has 0 fully saturated rings. The number of aliphatic hydroxyl groups excluding tert-OH is 1. The van der Waals surface area contributed by atoms with Crippen LogP contribution in [0, 0.1) is 11.3 Å². The number of fused-ring (bicyclic) bond motifs is 1. The molecule has 1 N–H and O–H groups in total. The number of hydrogen-bond acceptors (Lipinski definition) is 5. The van der Waals surface area contributed by atoms with E-state index >= 15 is 0 Å². The largest absolute Gasteiger partial charge is 0.485 e. The quantitative estimate of drug-likeness (QED) is 0.688. The minimum Gasteiger partial charge on any atom is -0.485 e. The molecular formula is C25H24N2O4. The Kier molecular flexibility index (Phi) is 5.64. The Morgan fingerprint density at radius 1 is 1.10 bits per heavy atom. The molecule has 0 unspecified atom stereocenters. The predicted octanol–water partition coefficient (Wildman–Crippen LogP) is 3.56. The molecule has 2 atom stereocenters. The molecule has 6 nitrogen and oxygen atoms in total. The van der Waals surface area contributed by atoms with Crippen molar-refractivity contribution in [1.82, 2.24) is 4.57 Å². The Morgan fingerprint density at radius 2 is 1.84 bits per heavy atom. The van der Waals surface area contributed by atoms with Crippen molar-refractivity contribution in [1.29, 1.82) is 5.26 Å². The number of benzene rings is 2. The SMILES string of the molecule is CC1(C)Oc2ccc(C#N)cc2[C@@H](n2ccc(COCc3ccccc3)cc2=O)[C@@H]1O. The van der Waals surface area contributed by atoms with Crippen LogP contribution < -0.4 is 10.3 Å². The van der Waals surface area contributed by atoms with E-state index in [4.69, 9.17) is 9.47 Å². The molecule has 3 aromatic rings. The zero-order chi connectivity index (χ0) is 22.0. The molecule has 0 bridgehead atoms. The summed E-state index contributed by atoms with van der Waals surface area (Å²) in [5.41, 5.74) is 1.72. The van der Waals surface area contributed by atoms with Crippen LogP contribution in [0.5, 0.6) is 5.75 Å². The summed E-state index contributed by atoms with van der Waals surface area (Å²) in [5, 5.41) is 20.3. The third kappa shape index (κ3) is 4.24. The van der Waals surface area contributed by atoms with Gasteiger partial charge in [0.2, 0.25) is 0 Å². The summed E-state index contributed by atoms with van der Waals surface area (Å²) in [5.74, 6) is 0.557. The van der Waals surface area contributed by atoms with E-state index in [1.807, 2.05) is 36.4 Å². The standard InChI is InChI=1S/C25H24N2O4/c1-25(2)24(29)23(20-12-18(14-26)8-9-21(20)31-25)27-11-10-19(13-22(27)28)16-30-15-17-6-4-3-5-7-17/h3-13,23-24,29H,15-16H2,1-2H3/t23-,24+/m1/s1. The van der Waals surface area contributed by atoms with Crippen LogP contribution in [0.3, 0.4) is 0 Å². The first kappa shape index (κ1) is 20.9. The molecule has 1 aromatic heterocycles. The summed E-state index contributed by atoms with van der Waals surface area (Å²) in [6, 6.07) is 19.7. The van der Waals surface area contributed by atoms with E-state index in [1.54, 1.807) is 38.2 Å². The molecule has 0 aliphatic carbocycles. The molecule has 0 saturated heterocycles. The van der Waals surface area contributed by atoms with Crippen molar-refractivity contribution in [3.05, 3.63) is 99.5 Å². The summed E-state index contributed by atoms with van der Waals surface area (Å²) >= 11 is 0. The van der Waals surface area contributed by atoms with Crippen LogP contribution in [-0.2, 0) is 18.0 Å². The average Bonchev–Trinajstić information content (AvgIpc) is 2.76. The number of hydrogen-bond donors (Lipinski definition) is 1. The van der Waals surface area contributed by atoms with Crippen molar-refractivity contribution in [3.8, 4) is 11.8 Å². The lowest BCUT2D eigenvalue weighted by Gasteiger charge is -2.42. The van der Waals surface area contributed by atoms with Gasteiger partial charge in [0.05, 0.1) is 30.9 Å². The summed E-state index contributed by atoms with van der Waals surface area (Å²) in [7, 11) is 0. The minimum absolute atomic E-state index is 0.254. The van der Waals surface area contributed by atoms with Crippen LogP contribution >= 0.6 is 0 Å². The van der Waals surface area contributed by atoms with Crippen molar-refractivity contribution in [2.45, 2.75) is 44.8 Å². The van der Waals surface area contributed by atoms with E-state index in [1.165, 1.54) is 10.6 Å². The van der Waals surface area contributed by atoms with Gasteiger partial charge in [0, 0.05) is 17.8 Å². The molecule has 0 spiro atoms. The van der Waals surface area contributed by atoms with Crippen molar-refractivity contribution in [2.24, 2.45) is 0 Å². The van der Waals surface area contributed by atoms with Crippen LogP contribution in [0.4, 0.5) is 0 Å². The van der Waals surface area contributed by atoms with Gasteiger partial charge in [-0.3, -0.25) is 4.79 Å². The van der Waals surface area contributed by atoms with Gasteiger partial charge in [0.1, 0.15) is 17.5 Å². The lowest BCUT2D eigenvalue weighted by atomic mass is 9.85. The molecule has 2 heterocycles. The first-order valence-electron chi connectivity index (χ1n) is 10.1. The predicted molar refractivity (Wildman–Crippen MR) is 116 cm³/mol. The number of rotatable bonds is 5. The van der Waals surface area contributed by atoms with Crippen LogP contribution in [-0.4, -0.2) is 21.4 Å². The maximum absolute atomic E-state index is 13.0. The van der Waals surface area contributed by atoms with Crippen molar-refractivity contribution >= 4 is 0 Å². The fraction of sp³-hybridized carbons (Fsp3) is 0.280. The van der Waals surface area contributed by atoms with Crippen LogP contribution in [0.2, 0.25) is 0 Å². The number of aromatic nitrogens is 1. The molecule has 1 aliphatic rings. The van der Waals surface area contributed by atoms with Gasteiger partial charge in [-0.25, -0.2) is 0 Å². The number of pyridine rings is 1. The third-order valence-electron chi connectivity index (χ3n) is 5.53. The number of ether oxygens (including phenoxy) is 2. The third-order valence-corrected chi connectivity index (χ3v) is 5.53. The van der Waals surface area contributed by atoms with Gasteiger partial charge in [-0.05, 0) is 49.2 Å². The molecule has 0 radical (unpaired) electrons. The van der Waals surface area contributed by atoms with E-state index in [0.717, 1.165) is 11.1 Å². The van der Waals surface area contributed by atoms with Gasteiger partial charge in [0.15, 0.2) is 0 Å².